The molecule has 1 amide bonds. The second kappa shape index (κ2) is 10.8. The molecular weight excluding hydrogens is 500 g/mol. The molecule has 0 unspecified atom stereocenters. The third-order valence-corrected chi connectivity index (χ3v) is 10.0. The summed E-state index contributed by atoms with van der Waals surface area (Å²) < 4.78 is 28.6. The standard InChI is InChI=1S/C22H28N4O3S3.ClH/c1-16-6-7-18-19(15-16)31-22(23-18)26(13-12-24(2)3)21(27)17-8-10-25(11-9-17)32(28,29)20-5-4-14-30-20;/h4-7,14-15,17H,8-13H2,1-3H3;1H. The second-order valence-electron chi connectivity index (χ2n) is 8.37. The summed E-state index contributed by atoms with van der Waals surface area (Å²) in [5.74, 6) is -0.170. The molecule has 0 aliphatic carbocycles. The largest absolute Gasteiger partial charge is 0.308 e. The maximum Gasteiger partial charge on any atom is 0.252 e. The van der Waals surface area contributed by atoms with E-state index in [0.29, 0.717) is 41.8 Å². The normalized spacial score (nSPS) is 15.6. The van der Waals surface area contributed by atoms with Crippen molar-refractivity contribution in [3.63, 3.8) is 0 Å². The molecule has 1 aromatic carbocycles. The first-order chi connectivity index (χ1) is 15.3. The molecule has 11 heteroatoms. The number of aromatic nitrogens is 1. The maximum absolute atomic E-state index is 13.5. The average Bonchev–Trinajstić information content (AvgIpc) is 3.44. The van der Waals surface area contributed by atoms with Gasteiger partial charge in [-0.25, -0.2) is 13.4 Å². The van der Waals surface area contributed by atoms with Crippen LogP contribution < -0.4 is 4.90 Å². The molecule has 33 heavy (non-hydrogen) atoms. The molecule has 0 saturated carbocycles. The number of piperidine rings is 1. The number of anilines is 1. The highest BCUT2D eigenvalue weighted by Crippen LogP contribution is 2.32. The van der Waals surface area contributed by atoms with E-state index in [9.17, 15) is 13.2 Å². The van der Waals surface area contributed by atoms with Crippen molar-refractivity contribution >= 4 is 66.4 Å². The molecule has 0 N–H and O–H groups in total. The van der Waals surface area contributed by atoms with Crippen molar-refractivity contribution < 1.29 is 13.2 Å². The van der Waals surface area contributed by atoms with Crippen LogP contribution in [0.4, 0.5) is 5.13 Å². The Morgan fingerprint density at radius 3 is 2.55 bits per heavy atom. The zero-order valence-corrected chi connectivity index (χ0v) is 22.2. The second-order valence-corrected chi connectivity index (χ2v) is 12.5. The molecule has 180 valence electrons. The Balaban J connectivity index is 0.00000306. The van der Waals surface area contributed by atoms with Crippen LogP contribution in [0.1, 0.15) is 18.4 Å². The Morgan fingerprint density at radius 2 is 1.91 bits per heavy atom. The number of thiazole rings is 1. The van der Waals surface area contributed by atoms with Gasteiger partial charge in [0.25, 0.3) is 10.0 Å². The van der Waals surface area contributed by atoms with Crippen LogP contribution in [0, 0.1) is 12.8 Å². The summed E-state index contributed by atoms with van der Waals surface area (Å²) in [6, 6.07) is 9.50. The summed E-state index contributed by atoms with van der Waals surface area (Å²) in [6.45, 7) is 4.05. The van der Waals surface area contributed by atoms with E-state index in [-0.39, 0.29) is 24.2 Å². The summed E-state index contributed by atoms with van der Waals surface area (Å²) in [4.78, 5) is 22.1. The minimum Gasteiger partial charge on any atom is -0.308 e. The number of amides is 1. The number of carbonyl (C=O) groups excluding carboxylic acids is 1. The fraction of sp³-hybridized carbons (Fsp3) is 0.455. The molecule has 7 nitrogen and oxygen atoms in total. The number of likely N-dealkylation sites (N-methyl/N-ethyl adjacent to an activating group) is 1. The minimum atomic E-state index is -3.47. The van der Waals surface area contributed by atoms with Crippen LogP contribution in [0.5, 0.6) is 0 Å². The highest BCUT2D eigenvalue weighted by atomic mass is 35.5. The van der Waals surface area contributed by atoms with E-state index >= 15 is 0 Å². The van der Waals surface area contributed by atoms with E-state index < -0.39 is 10.0 Å². The van der Waals surface area contributed by atoms with Crippen molar-refractivity contribution in [2.75, 3.05) is 45.2 Å². The summed E-state index contributed by atoms with van der Waals surface area (Å²) in [7, 11) is 0.496. The fourth-order valence-electron chi connectivity index (χ4n) is 3.84. The Morgan fingerprint density at radius 1 is 1.18 bits per heavy atom. The topological polar surface area (TPSA) is 73.8 Å². The molecule has 0 bridgehead atoms. The number of nitrogens with zero attached hydrogens (tertiary/aromatic N) is 4. The lowest BCUT2D eigenvalue weighted by atomic mass is 9.96. The third kappa shape index (κ3) is 5.75. The highest BCUT2D eigenvalue weighted by molar-refractivity contribution is 7.91. The Kier molecular flexibility index (Phi) is 8.52. The lowest BCUT2D eigenvalue weighted by Crippen LogP contribution is -2.45. The van der Waals surface area contributed by atoms with E-state index in [1.54, 1.807) is 22.4 Å². The van der Waals surface area contributed by atoms with Gasteiger partial charge < -0.3 is 4.90 Å². The number of sulfonamides is 1. The summed E-state index contributed by atoms with van der Waals surface area (Å²) in [5, 5.41) is 2.48. The zero-order chi connectivity index (χ0) is 22.9. The molecule has 3 heterocycles. The molecule has 1 aliphatic rings. The Bertz CT molecular complexity index is 1190. The monoisotopic (exact) mass is 528 g/mol. The smallest absolute Gasteiger partial charge is 0.252 e. The van der Waals surface area contributed by atoms with Crippen molar-refractivity contribution in [3.05, 3.63) is 41.3 Å². The van der Waals surface area contributed by atoms with Crippen LogP contribution in [0.2, 0.25) is 0 Å². The number of benzene rings is 1. The summed E-state index contributed by atoms with van der Waals surface area (Å²) >= 11 is 2.77. The van der Waals surface area contributed by atoms with Gasteiger partial charge in [-0.3, -0.25) is 9.69 Å². The zero-order valence-electron chi connectivity index (χ0n) is 18.9. The molecule has 0 spiro atoms. The molecule has 1 fully saturated rings. The van der Waals surface area contributed by atoms with E-state index in [1.807, 2.05) is 38.1 Å². The van der Waals surface area contributed by atoms with E-state index in [2.05, 4.69) is 6.07 Å². The first-order valence-corrected chi connectivity index (χ1v) is 13.8. The molecule has 3 aromatic rings. The fourth-order valence-corrected chi connectivity index (χ4v) is 7.55. The first kappa shape index (κ1) is 26.1. The van der Waals surface area contributed by atoms with Crippen molar-refractivity contribution in [2.45, 2.75) is 24.0 Å². The maximum atomic E-state index is 13.5. The molecule has 0 radical (unpaired) electrons. The molecule has 1 aliphatic heterocycles. The van der Waals surface area contributed by atoms with Gasteiger partial charge in [0.15, 0.2) is 5.13 Å². The van der Waals surface area contributed by atoms with Crippen LogP contribution in [0.3, 0.4) is 0 Å². The minimum absolute atomic E-state index is 0. The first-order valence-electron chi connectivity index (χ1n) is 10.6. The van der Waals surface area contributed by atoms with Gasteiger partial charge in [-0.05, 0) is 63.0 Å². The average molecular weight is 529 g/mol. The lowest BCUT2D eigenvalue weighted by Gasteiger charge is -2.33. The van der Waals surface area contributed by atoms with E-state index in [0.717, 1.165) is 22.3 Å². The number of fused-ring (bicyclic) bond motifs is 1. The Labute approximate surface area is 209 Å². The number of thiophene rings is 1. The van der Waals surface area contributed by atoms with Gasteiger partial charge in [0.05, 0.1) is 10.2 Å². The number of carbonyl (C=O) groups is 1. The van der Waals surface area contributed by atoms with E-state index in [1.165, 1.54) is 27.0 Å². The van der Waals surface area contributed by atoms with Gasteiger partial charge in [0, 0.05) is 32.1 Å². The summed E-state index contributed by atoms with van der Waals surface area (Å²) in [5.41, 5.74) is 2.06. The molecule has 1 saturated heterocycles. The van der Waals surface area contributed by atoms with Crippen LogP contribution in [-0.2, 0) is 14.8 Å². The number of halogens is 1. The van der Waals surface area contributed by atoms with Gasteiger partial charge in [-0.15, -0.1) is 23.7 Å². The van der Waals surface area contributed by atoms with Crippen molar-refractivity contribution in [1.82, 2.24) is 14.2 Å². The van der Waals surface area contributed by atoms with Gasteiger partial charge in [-0.2, -0.15) is 4.31 Å². The lowest BCUT2D eigenvalue weighted by molar-refractivity contribution is -0.123. The van der Waals surface area contributed by atoms with Crippen LogP contribution in [0.15, 0.2) is 39.9 Å². The molecule has 2 aromatic heterocycles. The van der Waals surface area contributed by atoms with Gasteiger partial charge in [0.1, 0.15) is 4.21 Å². The third-order valence-electron chi connectivity index (χ3n) is 5.69. The molecular formula is C22H29ClN4O3S3. The number of hydrogen-bond donors (Lipinski definition) is 0. The van der Waals surface area contributed by atoms with Gasteiger partial charge in [0.2, 0.25) is 5.91 Å². The van der Waals surface area contributed by atoms with Crippen molar-refractivity contribution in [1.29, 1.82) is 0 Å². The predicted molar refractivity (Wildman–Crippen MR) is 138 cm³/mol. The van der Waals surface area contributed by atoms with E-state index in [4.69, 9.17) is 4.98 Å². The number of rotatable bonds is 7. The number of aryl methyl sites for hydroxylation is 1. The van der Waals surface area contributed by atoms with Crippen molar-refractivity contribution in [2.24, 2.45) is 5.92 Å². The van der Waals surface area contributed by atoms with Crippen LogP contribution in [-0.4, -0.2) is 68.8 Å². The van der Waals surface area contributed by atoms with Gasteiger partial charge in [-0.1, -0.05) is 23.5 Å². The highest BCUT2D eigenvalue weighted by Gasteiger charge is 2.35. The SMILES string of the molecule is Cc1ccc2nc(N(CCN(C)C)C(=O)C3CCN(S(=O)(=O)c4cccs4)CC3)sc2c1.Cl. The molecule has 4 rings (SSSR count). The van der Waals surface area contributed by atoms with Crippen molar-refractivity contribution in [3.8, 4) is 0 Å². The quantitative estimate of drug-likeness (QED) is 0.462. The van der Waals surface area contributed by atoms with Crippen LogP contribution >= 0.6 is 35.1 Å². The summed E-state index contributed by atoms with van der Waals surface area (Å²) in [6.07, 6.45) is 1.04. The Hall–Kier alpha value is -1.56. The van der Waals surface area contributed by atoms with Crippen LogP contribution in [0.25, 0.3) is 10.2 Å². The predicted octanol–water partition coefficient (Wildman–Crippen LogP) is 4.08. The van der Waals surface area contributed by atoms with Gasteiger partial charge >= 0.3 is 0 Å². The molecule has 0 atom stereocenters. The number of hydrogen-bond acceptors (Lipinski definition) is 7.